The number of alkyl halides is 3. The molecule has 1 aliphatic heterocycles. The number of amides is 1. The van der Waals surface area contributed by atoms with Crippen molar-refractivity contribution >= 4 is 55.4 Å². The number of thiophene rings is 1. The molecule has 11 heteroatoms. The van der Waals surface area contributed by atoms with E-state index in [9.17, 15) is 18.0 Å². The lowest BCUT2D eigenvalue weighted by atomic mass is 10.2. The Kier molecular flexibility index (Phi) is 5.19. The molecule has 0 radical (unpaired) electrons. The van der Waals surface area contributed by atoms with Gasteiger partial charge in [0.05, 0.1) is 5.02 Å². The highest BCUT2D eigenvalue weighted by atomic mass is 35.5. The van der Waals surface area contributed by atoms with Crippen LogP contribution in [0, 0.1) is 0 Å². The summed E-state index contributed by atoms with van der Waals surface area (Å²) in [7, 11) is 0. The molecule has 3 heterocycles. The molecule has 1 aliphatic rings. The zero-order chi connectivity index (χ0) is 19.9. The summed E-state index contributed by atoms with van der Waals surface area (Å²) in [6.07, 6.45) is -3.88. The van der Waals surface area contributed by atoms with E-state index >= 15 is 0 Å². The fourth-order valence-corrected chi connectivity index (χ4v) is 5.31. The molecule has 3 aromatic rings. The fourth-order valence-electron chi connectivity index (χ4n) is 3.06. The number of fused-ring (bicyclic) bond motifs is 1. The maximum atomic E-state index is 13.0. The molecule has 1 aromatic carbocycles. The van der Waals surface area contributed by atoms with Crippen LogP contribution in [0.5, 0.6) is 0 Å². The summed E-state index contributed by atoms with van der Waals surface area (Å²) in [6.45, 7) is 1.78. The Morgan fingerprint density at radius 3 is 2.57 bits per heavy atom. The zero-order valence-electron chi connectivity index (χ0n) is 14.4. The number of benzene rings is 1. The quantitative estimate of drug-likeness (QED) is 0.568. The molecular weight excluding hydrogens is 433 g/mol. The molecule has 5 nitrogen and oxygen atoms in total. The monoisotopic (exact) mass is 446 g/mol. The summed E-state index contributed by atoms with van der Waals surface area (Å²) in [4.78, 5) is 16.9. The van der Waals surface area contributed by atoms with Crippen LogP contribution >= 0.6 is 34.3 Å². The van der Waals surface area contributed by atoms with Crippen molar-refractivity contribution in [1.82, 2.24) is 15.1 Å². The second-order valence-electron chi connectivity index (χ2n) is 6.26. The molecule has 148 valence electrons. The van der Waals surface area contributed by atoms with Gasteiger partial charge < -0.3 is 9.80 Å². The van der Waals surface area contributed by atoms with Crippen LogP contribution in [0.2, 0.25) is 5.02 Å². The van der Waals surface area contributed by atoms with E-state index in [0.29, 0.717) is 53.8 Å². The summed E-state index contributed by atoms with van der Waals surface area (Å²) in [5.74, 6) is -0.152. The first-order chi connectivity index (χ1) is 13.3. The van der Waals surface area contributed by atoms with Gasteiger partial charge in [-0.05, 0) is 12.5 Å². The Bertz CT molecular complexity index is 1020. The minimum atomic E-state index is -4.50. The molecular formula is C17H14ClF3N4OS2. The standard InChI is InChI=1S/C17H14ClF3N4OS2/c18-12-10-4-1-2-5-11(10)27-13(12)14(26)24-6-3-7-25(9-8-24)16-23-22-15(28-16)17(19,20)21/h1-2,4-5H,3,6-9H2. The van der Waals surface area contributed by atoms with Crippen molar-refractivity contribution in [1.29, 1.82) is 0 Å². The highest BCUT2D eigenvalue weighted by molar-refractivity contribution is 7.21. The average Bonchev–Trinajstić information content (AvgIpc) is 3.20. The molecule has 2 aromatic heterocycles. The molecule has 1 amide bonds. The van der Waals surface area contributed by atoms with Crippen LogP contribution in [0.25, 0.3) is 10.1 Å². The van der Waals surface area contributed by atoms with E-state index in [1.165, 1.54) is 11.3 Å². The molecule has 0 unspecified atom stereocenters. The molecule has 0 N–H and O–H groups in total. The molecule has 0 aliphatic carbocycles. The van der Waals surface area contributed by atoms with Crippen molar-refractivity contribution in [2.75, 3.05) is 31.1 Å². The summed E-state index contributed by atoms with van der Waals surface area (Å²) >= 11 is 8.29. The van der Waals surface area contributed by atoms with Crippen LogP contribution in [0.4, 0.5) is 18.3 Å². The van der Waals surface area contributed by atoms with E-state index in [2.05, 4.69) is 10.2 Å². The smallest absolute Gasteiger partial charge is 0.345 e. The molecule has 0 saturated carbocycles. The zero-order valence-corrected chi connectivity index (χ0v) is 16.8. The lowest BCUT2D eigenvalue weighted by Crippen LogP contribution is -2.35. The van der Waals surface area contributed by atoms with Gasteiger partial charge in [-0.25, -0.2) is 0 Å². The van der Waals surface area contributed by atoms with Crippen molar-refractivity contribution in [3.63, 3.8) is 0 Å². The lowest BCUT2D eigenvalue weighted by Gasteiger charge is -2.21. The van der Waals surface area contributed by atoms with Gasteiger partial charge >= 0.3 is 6.18 Å². The van der Waals surface area contributed by atoms with Gasteiger partial charge in [0.25, 0.3) is 5.91 Å². The van der Waals surface area contributed by atoms with Crippen LogP contribution in [-0.4, -0.2) is 47.2 Å². The number of hydrogen-bond donors (Lipinski definition) is 0. The number of carbonyl (C=O) groups is 1. The number of hydrogen-bond acceptors (Lipinski definition) is 6. The van der Waals surface area contributed by atoms with Gasteiger partial charge in [0.15, 0.2) is 0 Å². The summed E-state index contributed by atoms with van der Waals surface area (Å²) in [5.41, 5.74) is 0. The van der Waals surface area contributed by atoms with Crippen molar-refractivity contribution in [2.45, 2.75) is 12.6 Å². The van der Waals surface area contributed by atoms with Gasteiger partial charge in [-0.3, -0.25) is 4.79 Å². The predicted molar refractivity (Wildman–Crippen MR) is 104 cm³/mol. The minimum Gasteiger partial charge on any atom is -0.345 e. The predicted octanol–water partition coefficient (Wildman–Crippen LogP) is 4.78. The summed E-state index contributed by atoms with van der Waals surface area (Å²) in [6, 6.07) is 7.56. The normalized spacial score (nSPS) is 15.9. The third-order valence-electron chi connectivity index (χ3n) is 4.44. The highest BCUT2D eigenvalue weighted by Crippen LogP contribution is 2.37. The summed E-state index contributed by atoms with van der Waals surface area (Å²) in [5, 5.41) is 7.47. The van der Waals surface area contributed by atoms with Crippen LogP contribution in [-0.2, 0) is 6.18 Å². The van der Waals surface area contributed by atoms with Crippen molar-refractivity contribution in [3.8, 4) is 0 Å². The van der Waals surface area contributed by atoms with Gasteiger partial charge in [0.2, 0.25) is 10.1 Å². The van der Waals surface area contributed by atoms with Crippen LogP contribution < -0.4 is 4.90 Å². The Morgan fingerprint density at radius 1 is 1.07 bits per heavy atom. The molecule has 1 fully saturated rings. The third kappa shape index (κ3) is 3.68. The number of nitrogens with zero attached hydrogens (tertiary/aromatic N) is 4. The largest absolute Gasteiger partial charge is 0.445 e. The average molecular weight is 447 g/mol. The Hall–Kier alpha value is -1.91. The second-order valence-corrected chi connectivity index (χ2v) is 8.65. The Labute approximate surface area is 171 Å². The minimum absolute atomic E-state index is 0.152. The topological polar surface area (TPSA) is 49.3 Å². The Balaban J connectivity index is 1.50. The number of anilines is 1. The van der Waals surface area contributed by atoms with E-state index < -0.39 is 11.2 Å². The van der Waals surface area contributed by atoms with E-state index in [1.807, 2.05) is 24.3 Å². The number of aromatic nitrogens is 2. The van der Waals surface area contributed by atoms with Gasteiger partial charge in [0, 0.05) is 36.3 Å². The van der Waals surface area contributed by atoms with Crippen molar-refractivity contribution in [3.05, 3.63) is 39.2 Å². The Morgan fingerprint density at radius 2 is 1.86 bits per heavy atom. The second kappa shape index (κ2) is 7.49. The molecule has 0 atom stereocenters. The van der Waals surface area contributed by atoms with Crippen LogP contribution in [0.15, 0.2) is 24.3 Å². The summed E-state index contributed by atoms with van der Waals surface area (Å²) < 4.78 is 39.2. The first-order valence-electron chi connectivity index (χ1n) is 8.46. The highest BCUT2D eigenvalue weighted by Gasteiger charge is 2.36. The molecule has 0 spiro atoms. The first-order valence-corrected chi connectivity index (χ1v) is 10.5. The maximum Gasteiger partial charge on any atom is 0.445 e. The number of halogens is 4. The lowest BCUT2D eigenvalue weighted by molar-refractivity contribution is -0.138. The molecule has 0 bridgehead atoms. The first kappa shape index (κ1) is 19.4. The number of rotatable bonds is 2. The van der Waals surface area contributed by atoms with E-state index in [-0.39, 0.29) is 11.0 Å². The molecule has 4 rings (SSSR count). The van der Waals surface area contributed by atoms with E-state index in [0.717, 1.165) is 10.1 Å². The SMILES string of the molecule is O=C(c1sc2ccccc2c1Cl)N1CCCN(c2nnc(C(F)(F)F)s2)CC1. The van der Waals surface area contributed by atoms with Crippen LogP contribution in [0.1, 0.15) is 21.1 Å². The molecule has 1 saturated heterocycles. The van der Waals surface area contributed by atoms with Gasteiger partial charge in [-0.15, -0.1) is 21.5 Å². The van der Waals surface area contributed by atoms with E-state index in [4.69, 9.17) is 11.6 Å². The van der Waals surface area contributed by atoms with Crippen molar-refractivity contribution < 1.29 is 18.0 Å². The maximum absolute atomic E-state index is 13.0. The van der Waals surface area contributed by atoms with Gasteiger partial charge in [0.1, 0.15) is 4.88 Å². The van der Waals surface area contributed by atoms with Crippen molar-refractivity contribution in [2.24, 2.45) is 0 Å². The van der Waals surface area contributed by atoms with Crippen LogP contribution in [0.3, 0.4) is 0 Å². The number of carbonyl (C=O) groups excluding carboxylic acids is 1. The van der Waals surface area contributed by atoms with E-state index in [1.54, 1.807) is 9.80 Å². The third-order valence-corrected chi connectivity index (χ3v) is 7.13. The fraction of sp³-hybridized carbons (Fsp3) is 0.353. The molecule has 28 heavy (non-hydrogen) atoms. The van der Waals surface area contributed by atoms with Gasteiger partial charge in [-0.1, -0.05) is 41.1 Å². The van der Waals surface area contributed by atoms with Gasteiger partial charge in [-0.2, -0.15) is 13.2 Å².